The van der Waals surface area contributed by atoms with E-state index in [1.165, 1.54) is 12.5 Å². The Morgan fingerprint density at radius 3 is 2.50 bits per heavy atom. The van der Waals surface area contributed by atoms with Crippen LogP contribution in [0.3, 0.4) is 0 Å². The van der Waals surface area contributed by atoms with Gasteiger partial charge in [-0.15, -0.1) is 0 Å². The van der Waals surface area contributed by atoms with Crippen molar-refractivity contribution < 1.29 is 8.42 Å². The predicted molar refractivity (Wildman–Crippen MR) is 76.3 cm³/mol. The van der Waals surface area contributed by atoms with Crippen molar-refractivity contribution in [2.45, 2.75) is 24.5 Å². The summed E-state index contributed by atoms with van der Waals surface area (Å²) in [4.78, 5) is 3.86. The average molecular weight is 294 g/mol. The van der Waals surface area contributed by atoms with Crippen molar-refractivity contribution in [2.24, 2.45) is 12.8 Å². The Bertz CT molecular complexity index is 677. The standard InChI is InChI=1S/C13H18N4O2S/c1-10(12-5-3-11(7-14)4-6-12)16-20(18,19)13-8-17(2)9-15-13/h3-6,8-10,16H,7,14H2,1-2H3. The Morgan fingerprint density at radius 1 is 1.35 bits per heavy atom. The molecule has 1 heterocycles. The minimum absolute atomic E-state index is 0.0189. The first-order chi connectivity index (χ1) is 9.42. The number of rotatable bonds is 5. The quantitative estimate of drug-likeness (QED) is 0.858. The Balaban J connectivity index is 2.15. The van der Waals surface area contributed by atoms with Gasteiger partial charge in [-0.2, -0.15) is 0 Å². The summed E-state index contributed by atoms with van der Waals surface area (Å²) >= 11 is 0. The summed E-state index contributed by atoms with van der Waals surface area (Å²) in [5, 5.41) is 0.0189. The minimum Gasteiger partial charge on any atom is -0.339 e. The maximum atomic E-state index is 12.1. The molecule has 1 atom stereocenters. The third-order valence-electron chi connectivity index (χ3n) is 3.00. The van der Waals surface area contributed by atoms with Crippen molar-refractivity contribution in [1.82, 2.24) is 14.3 Å². The highest BCUT2D eigenvalue weighted by molar-refractivity contribution is 7.89. The Labute approximate surface area is 118 Å². The second kappa shape index (κ2) is 5.74. The number of nitrogens with zero attached hydrogens (tertiary/aromatic N) is 2. The fourth-order valence-corrected chi connectivity index (χ4v) is 3.04. The SMILES string of the molecule is CC(NS(=O)(=O)c1cn(C)cn1)c1ccc(CN)cc1. The summed E-state index contributed by atoms with van der Waals surface area (Å²) in [7, 11) is -1.89. The molecule has 3 N–H and O–H groups in total. The lowest BCUT2D eigenvalue weighted by Gasteiger charge is -2.14. The normalized spacial score (nSPS) is 13.3. The van der Waals surface area contributed by atoms with E-state index in [1.807, 2.05) is 24.3 Å². The van der Waals surface area contributed by atoms with Gasteiger partial charge in [-0.05, 0) is 18.1 Å². The number of aromatic nitrogens is 2. The van der Waals surface area contributed by atoms with E-state index in [2.05, 4.69) is 9.71 Å². The van der Waals surface area contributed by atoms with E-state index in [9.17, 15) is 8.42 Å². The lowest BCUT2D eigenvalue weighted by molar-refractivity contribution is 0.563. The lowest BCUT2D eigenvalue weighted by Crippen LogP contribution is -2.27. The second-order valence-corrected chi connectivity index (χ2v) is 6.33. The predicted octanol–water partition coefficient (Wildman–Crippen LogP) is 0.918. The molecule has 7 heteroatoms. The smallest absolute Gasteiger partial charge is 0.260 e. The number of hydrogen-bond acceptors (Lipinski definition) is 4. The molecule has 1 aromatic carbocycles. The highest BCUT2D eigenvalue weighted by Gasteiger charge is 2.20. The largest absolute Gasteiger partial charge is 0.339 e. The van der Waals surface area contributed by atoms with Crippen LogP contribution in [0.1, 0.15) is 24.1 Å². The molecule has 2 aromatic rings. The second-order valence-electron chi connectivity index (χ2n) is 4.67. The van der Waals surface area contributed by atoms with Crippen LogP contribution in [-0.2, 0) is 23.6 Å². The zero-order chi connectivity index (χ0) is 14.8. The number of nitrogens with one attached hydrogen (secondary N) is 1. The fraction of sp³-hybridized carbons (Fsp3) is 0.308. The van der Waals surface area contributed by atoms with Gasteiger partial charge in [0.1, 0.15) is 0 Å². The van der Waals surface area contributed by atoms with Gasteiger partial charge in [0, 0.05) is 25.8 Å². The summed E-state index contributed by atoms with van der Waals surface area (Å²) in [6, 6.07) is 7.18. The van der Waals surface area contributed by atoms with Gasteiger partial charge >= 0.3 is 0 Å². The summed E-state index contributed by atoms with van der Waals surface area (Å²) in [5.74, 6) is 0. The van der Waals surface area contributed by atoms with Gasteiger partial charge in [0.05, 0.1) is 6.33 Å². The fourth-order valence-electron chi connectivity index (χ4n) is 1.83. The molecule has 0 fully saturated rings. The van der Waals surface area contributed by atoms with Crippen LogP contribution in [0.15, 0.2) is 41.8 Å². The lowest BCUT2D eigenvalue weighted by atomic mass is 10.1. The topological polar surface area (TPSA) is 90.0 Å². The average Bonchev–Trinajstić information content (AvgIpc) is 2.86. The molecule has 0 aliphatic carbocycles. The van der Waals surface area contributed by atoms with E-state index in [4.69, 9.17) is 5.73 Å². The van der Waals surface area contributed by atoms with Gasteiger partial charge < -0.3 is 10.3 Å². The van der Waals surface area contributed by atoms with Crippen LogP contribution in [0.25, 0.3) is 0 Å². The van der Waals surface area contributed by atoms with Crippen molar-refractivity contribution in [3.05, 3.63) is 47.9 Å². The monoisotopic (exact) mass is 294 g/mol. The zero-order valence-corrected chi connectivity index (χ0v) is 12.3. The minimum atomic E-state index is -3.61. The van der Waals surface area contributed by atoms with Crippen molar-refractivity contribution >= 4 is 10.0 Å². The summed E-state index contributed by atoms with van der Waals surface area (Å²) in [6.45, 7) is 2.26. The molecule has 6 nitrogen and oxygen atoms in total. The number of imidazole rings is 1. The summed E-state index contributed by atoms with van der Waals surface area (Å²) in [6.07, 6.45) is 2.92. The molecule has 0 spiro atoms. The van der Waals surface area contributed by atoms with Crippen LogP contribution < -0.4 is 10.5 Å². The maximum Gasteiger partial charge on any atom is 0.260 e. The number of aryl methyl sites for hydroxylation is 1. The molecule has 0 amide bonds. The first-order valence-electron chi connectivity index (χ1n) is 6.21. The zero-order valence-electron chi connectivity index (χ0n) is 11.4. The molecule has 108 valence electrons. The molecule has 0 saturated heterocycles. The van der Waals surface area contributed by atoms with E-state index in [1.54, 1.807) is 18.5 Å². The van der Waals surface area contributed by atoms with Crippen LogP contribution in [0.5, 0.6) is 0 Å². The third kappa shape index (κ3) is 3.24. The molecular weight excluding hydrogens is 276 g/mol. The molecule has 0 bridgehead atoms. The van der Waals surface area contributed by atoms with Gasteiger partial charge in [-0.3, -0.25) is 0 Å². The van der Waals surface area contributed by atoms with Crippen molar-refractivity contribution in [3.8, 4) is 0 Å². The number of benzene rings is 1. The van der Waals surface area contributed by atoms with E-state index in [0.717, 1.165) is 11.1 Å². The van der Waals surface area contributed by atoms with E-state index < -0.39 is 10.0 Å². The van der Waals surface area contributed by atoms with E-state index >= 15 is 0 Å². The molecule has 0 aliphatic rings. The van der Waals surface area contributed by atoms with Gasteiger partial charge in [-0.1, -0.05) is 24.3 Å². The first-order valence-corrected chi connectivity index (χ1v) is 7.70. The molecule has 0 aliphatic heterocycles. The maximum absolute atomic E-state index is 12.1. The Hall–Kier alpha value is -1.70. The van der Waals surface area contributed by atoms with Crippen LogP contribution in [0.4, 0.5) is 0 Å². The summed E-state index contributed by atoms with van der Waals surface area (Å²) < 4.78 is 28.5. The Kier molecular flexibility index (Phi) is 4.22. The third-order valence-corrected chi connectivity index (χ3v) is 4.43. The number of nitrogens with two attached hydrogens (primary N) is 1. The molecule has 1 aromatic heterocycles. The number of hydrogen-bond donors (Lipinski definition) is 2. The van der Waals surface area contributed by atoms with E-state index in [-0.39, 0.29) is 11.1 Å². The van der Waals surface area contributed by atoms with Gasteiger partial charge in [0.15, 0.2) is 5.03 Å². The number of sulfonamides is 1. The highest BCUT2D eigenvalue weighted by Crippen LogP contribution is 2.16. The van der Waals surface area contributed by atoms with Gasteiger partial charge in [0.2, 0.25) is 0 Å². The van der Waals surface area contributed by atoms with Crippen LogP contribution in [0.2, 0.25) is 0 Å². The summed E-state index contributed by atoms with van der Waals surface area (Å²) in [5.41, 5.74) is 7.42. The van der Waals surface area contributed by atoms with Crippen molar-refractivity contribution in [2.75, 3.05) is 0 Å². The molecule has 2 rings (SSSR count). The van der Waals surface area contributed by atoms with Gasteiger partial charge in [-0.25, -0.2) is 18.1 Å². The molecule has 1 unspecified atom stereocenters. The first kappa shape index (κ1) is 14.7. The van der Waals surface area contributed by atoms with Crippen molar-refractivity contribution in [3.63, 3.8) is 0 Å². The molecule has 0 radical (unpaired) electrons. The van der Waals surface area contributed by atoms with Crippen LogP contribution >= 0.6 is 0 Å². The van der Waals surface area contributed by atoms with Crippen molar-refractivity contribution in [1.29, 1.82) is 0 Å². The Morgan fingerprint density at radius 2 is 2.00 bits per heavy atom. The highest BCUT2D eigenvalue weighted by atomic mass is 32.2. The van der Waals surface area contributed by atoms with Crippen LogP contribution in [0, 0.1) is 0 Å². The van der Waals surface area contributed by atoms with Gasteiger partial charge in [0.25, 0.3) is 10.0 Å². The van der Waals surface area contributed by atoms with Crippen LogP contribution in [-0.4, -0.2) is 18.0 Å². The molecule has 0 saturated carbocycles. The van der Waals surface area contributed by atoms with E-state index in [0.29, 0.717) is 6.54 Å². The molecular formula is C13H18N4O2S. The molecule has 20 heavy (non-hydrogen) atoms.